The van der Waals surface area contributed by atoms with Crippen molar-refractivity contribution in [3.63, 3.8) is 0 Å². The van der Waals surface area contributed by atoms with Gasteiger partial charge in [-0.05, 0) is 40.4 Å². The summed E-state index contributed by atoms with van der Waals surface area (Å²) in [5.41, 5.74) is 2.50. The van der Waals surface area contributed by atoms with Crippen LogP contribution in [-0.4, -0.2) is 24.5 Å². The number of nitrogens with zero attached hydrogens (tertiary/aromatic N) is 2. The van der Waals surface area contributed by atoms with Gasteiger partial charge < -0.3 is 10.6 Å². The largest absolute Gasteiger partial charge is 0.356 e. The van der Waals surface area contributed by atoms with E-state index in [1.54, 1.807) is 24.6 Å². The molecule has 100 valence electrons. The lowest BCUT2D eigenvalue weighted by Crippen LogP contribution is -2.37. The van der Waals surface area contributed by atoms with Crippen LogP contribution in [0.2, 0.25) is 0 Å². The number of rotatable bonds is 5. The van der Waals surface area contributed by atoms with E-state index in [1.807, 2.05) is 12.3 Å². The van der Waals surface area contributed by atoms with Gasteiger partial charge in [0.05, 0.1) is 0 Å². The molecule has 5 heteroatoms. The van der Waals surface area contributed by atoms with E-state index in [0.717, 1.165) is 25.5 Å². The summed E-state index contributed by atoms with van der Waals surface area (Å²) in [4.78, 5) is 8.30. The van der Waals surface area contributed by atoms with Crippen LogP contribution in [-0.2, 0) is 13.0 Å². The van der Waals surface area contributed by atoms with E-state index < -0.39 is 0 Å². The third-order valence-corrected chi connectivity index (χ3v) is 3.42. The molecular formula is C14H18N4S. The number of nitrogens with one attached hydrogen (secondary N) is 2. The Bertz CT molecular complexity index is 493. The van der Waals surface area contributed by atoms with Gasteiger partial charge in [-0.2, -0.15) is 11.3 Å². The second-order valence-electron chi connectivity index (χ2n) is 4.10. The van der Waals surface area contributed by atoms with Gasteiger partial charge in [0.2, 0.25) is 0 Å². The summed E-state index contributed by atoms with van der Waals surface area (Å²) in [5.74, 6) is 0.829. The van der Waals surface area contributed by atoms with Crippen molar-refractivity contribution in [1.29, 1.82) is 0 Å². The molecule has 19 heavy (non-hydrogen) atoms. The van der Waals surface area contributed by atoms with Crippen molar-refractivity contribution in [2.75, 3.05) is 13.6 Å². The zero-order chi connectivity index (χ0) is 13.3. The molecule has 2 aromatic heterocycles. The normalized spacial score (nSPS) is 11.3. The fraction of sp³-hybridized carbons (Fsp3) is 0.286. The van der Waals surface area contributed by atoms with Gasteiger partial charge in [-0.3, -0.25) is 9.98 Å². The Balaban J connectivity index is 1.71. The first kappa shape index (κ1) is 13.5. The predicted octanol–water partition coefficient (Wildman–Crippen LogP) is 2.05. The summed E-state index contributed by atoms with van der Waals surface area (Å²) >= 11 is 1.71. The van der Waals surface area contributed by atoms with Crippen LogP contribution in [0, 0.1) is 0 Å². The molecule has 0 saturated heterocycles. The second kappa shape index (κ2) is 7.53. The molecule has 0 spiro atoms. The van der Waals surface area contributed by atoms with Crippen molar-refractivity contribution >= 4 is 17.3 Å². The van der Waals surface area contributed by atoms with Crippen LogP contribution < -0.4 is 10.6 Å². The minimum atomic E-state index is 0.802. The Kier molecular flexibility index (Phi) is 5.37. The number of hydrogen-bond acceptors (Lipinski definition) is 3. The van der Waals surface area contributed by atoms with Crippen molar-refractivity contribution in [3.05, 3.63) is 52.5 Å². The Morgan fingerprint density at radius 3 is 2.95 bits per heavy atom. The van der Waals surface area contributed by atoms with E-state index in [2.05, 4.69) is 43.5 Å². The SMILES string of the molecule is CN=C(NCCc1cccnc1)NCc1ccsc1. The Labute approximate surface area is 117 Å². The first-order chi connectivity index (χ1) is 9.38. The van der Waals surface area contributed by atoms with E-state index in [0.29, 0.717) is 0 Å². The van der Waals surface area contributed by atoms with Crippen LogP contribution >= 0.6 is 11.3 Å². The topological polar surface area (TPSA) is 49.3 Å². The summed E-state index contributed by atoms with van der Waals surface area (Å²) in [6, 6.07) is 6.15. The van der Waals surface area contributed by atoms with Crippen molar-refractivity contribution in [2.24, 2.45) is 4.99 Å². The van der Waals surface area contributed by atoms with E-state index in [1.165, 1.54) is 11.1 Å². The summed E-state index contributed by atoms with van der Waals surface area (Å²) in [6.07, 6.45) is 4.62. The molecule has 0 aromatic carbocycles. The monoisotopic (exact) mass is 274 g/mol. The van der Waals surface area contributed by atoms with Gasteiger partial charge in [-0.25, -0.2) is 0 Å². The van der Waals surface area contributed by atoms with Gasteiger partial charge in [0.1, 0.15) is 0 Å². The highest BCUT2D eigenvalue weighted by molar-refractivity contribution is 7.07. The molecule has 0 aliphatic heterocycles. The number of aliphatic imine (C=N–C) groups is 1. The average Bonchev–Trinajstić information content (AvgIpc) is 2.97. The zero-order valence-electron chi connectivity index (χ0n) is 11.0. The number of hydrogen-bond donors (Lipinski definition) is 2. The van der Waals surface area contributed by atoms with Crippen molar-refractivity contribution in [3.8, 4) is 0 Å². The first-order valence-electron chi connectivity index (χ1n) is 6.23. The molecule has 0 saturated carbocycles. The van der Waals surface area contributed by atoms with Gasteiger partial charge in [0.25, 0.3) is 0 Å². The molecular weight excluding hydrogens is 256 g/mol. The molecule has 0 bridgehead atoms. The maximum absolute atomic E-state index is 4.20. The van der Waals surface area contributed by atoms with Crippen LogP contribution in [0.15, 0.2) is 46.3 Å². The van der Waals surface area contributed by atoms with Gasteiger partial charge in [0.15, 0.2) is 5.96 Å². The fourth-order valence-corrected chi connectivity index (χ4v) is 2.34. The molecule has 2 rings (SSSR count). The highest BCUT2D eigenvalue weighted by Gasteiger charge is 1.98. The number of pyridine rings is 1. The van der Waals surface area contributed by atoms with Crippen molar-refractivity contribution < 1.29 is 0 Å². The Hall–Kier alpha value is -1.88. The molecule has 2 N–H and O–H groups in total. The summed E-state index contributed by atoms with van der Waals surface area (Å²) in [6.45, 7) is 1.64. The van der Waals surface area contributed by atoms with Crippen LogP contribution in [0.1, 0.15) is 11.1 Å². The van der Waals surface area contributed by atoms with Crippen molar-refractivity contribution in [1.82, 2.24) is 15.6 Å². The van der Waals surface area contributed by atoms with E-state index >= 15 is 0 Å². The van der Waals surface area contributed by atoms with Gasteiger partial charge in [-0.1, -0.05) is 6.07 Å². The molecule has 0 unspecified atom stereocenters. The number of aromatic nitrogens is 1. The summed E-state index contributed by atoms with van der Waals surface area (Å²) in [7, 11) is 1.78. The molecule has 2 heterocycles. The summed E-state index contributed by atoms with van der Waals surface area (Å²) < 4.78 is 0. The quantitative estimate of drug-likeness (QED) is 0.648. The third kappa shape index (κ3) is 4.71. The van der Waals surface area contributed by atoms with E-state index in [-0.39, 0.29) is 0 Å². The highest BCUT2D eigenvalue weighted by atomic mass is 32.1. The van der Waals surface area contributed by atoms with Crippen LogP contribution in [0.3, 0.4) is 0 Å². The predicted molar refractivity (Wildman–Crippen MR) is 80.5 cm³/mol. The molecule has 0 aliphatic rings. The third-order valence-electron chi connectivity index (χ3n) is 2.69. The lowest BCUT2D eigenvalue weighted by molar-refractivity contribution is 0.794. The van der Waals surface area contributed by atoms with Crippen LogP contribution in [0.5, 0.6) is 0 Å². The highest BCUT2D eigenvalue weighted by Crippen LogP contribution is 2.04. The van der Waals surface area contributed by atoms with Crippen molar-refractivity contribution in [2.45, 2.75) is 13.0 Å². The fourth-order valence-electron chi connectivity index (χ4n) is 1.67. The zero-order valence-corrected chi connectivity index (χ0v) is 11.8. The number of thiophene rings is 1. The molecule has 0 fully saturated rings. The molecule has 0 radical (unpaired) electrons. The molecule has 0 amide bonds. The van der Waals surface area contributed by atoms with Crippen LogP contribution in [0.25, 0.3) is 0 Å². The minimum absolute atomic E-state index is 0.802. The molecule has 4 nitrogen and oxygen atoms in total. The Morgan fingerprint density at radius 1 is 1.32 bits per heavy atom. The maximum atomic E-state index is 4.20. The minimum Gasteiger partial charge on any atom is -0.356 e. The molecule has 2 aromatic rings. The standard InChI is InChI=1S/C14H18N4S/c1-15-14(18-10-13-5-8-19-11-13)17-7-4-12-3-2-6-16-9-12/h2-3,5-6,8-9,11H,4,7,10H2,1H3,(H2,15,17,18). The average molecular weight is 274 g/mol. The van der Waals surface area contributed by atoms with Gasteiger partial charge >= 0.3 is 0 Å². The van der Waals surface area contributed by atoms with Gasteiger partial charge in [0, 0.05) is 32.5 Å². The lowest BCUT2D eigenvalue weighted by atomic mass is 10.2. The molecule has 0 atom stereocenters. The van der Waals surface area contributed by atoms with E-state index in [4.69, 9.17) is 0 Å². The Morgan fingerprint density at radius 2 is 2.26 bits per heavy atom. The smallest absolute Gasteiger partial charge is 0.191 e. The lowest BCUT2D eigenvalue weighted by Gasteiger charge is -2.11. The second-order valence-corrected chi connectivity index (χ2v) is 4.88. The molecule has 0 aliphatic carbocycles. The maximum Gasteiger partial charge on any atom is 0.191 e. The van der Waals surface area contributed by atoms with Crippen LogP contribution in [0.4, 0.5) is 0 Å². The van der Waals surface area contributed by atoms with Gasteiger partial charge in [-0.15, -0.1) is 0 Å². The summed E-state index contributed by atoms with van der Waals surface area (Å²) in [5, 5.41) is 10.8. The number of guanidine groups is 1. The first-order valence-corrected chi connectivity index (χ1v) is 7.17. The van der Waals surface area contributed by atoms with E-state index in [9.17, 15) is 0 Å².